The molecule has 0 aromatic rings. The molecule has 4 atom stereocenters. The van der Waals surface area contributed by atoms with E-state index >= 15 is 0 Å². The van der Waals surface area contributed by atoms with Gasteiger partial charge in [0.05, 0.1) is 28.7 Å². The van der Waals surface area contributed by atoms with Gasteiger partial charge in [-0.25, -0.2) is 13.2 Å². The number of amides is 5. The molecule has 2 saturated heterocycles. The Morgan fingerprint density at radius 2 is 1.53 bits per heavy atom. The largest absolute Gasteiger partial charge is 0.380 e. The zero-order valence-corrected chi connectivity index (χ0v) is 34.2. The van der Waals surface area contributed by atoms with Crippen molar-refractivity contribution in [3.63, 3.8) is 0 Å². The molecule has 13 nitrogen and oxygen atoms in total. The molecule has 3 rings (SSSR count). The third kappa shape index (κ3) is 12.7. The van der Waals surface area contributed by atoms with E-state index in [1.807, 2.05) is 27.7 Å². The Hall–Kier alpha value is -2.74. The summed E-state index contributed by atoms with van der Waals surface area (Å²) in [5.74, 6) is -2.61. The molecule has 304 valence electrons. The summed E-state index contributed by atoms with van der Waals surface area (Å²) < 4.78 is 31.9. The Kier molecular flexibility index (Phi) is 17.5. The molecule has 4 N–H and O–H groups in total. The lowest BCUT2D eigenvalue weighted by Gasteiger charge is -2.40. The number of ketones is 1. The summed E-state index contributed by atoms with van der Waals surface area (Å²) >= 11 is 0. The number of nitrogens with zero attached hydrogens (tertiary/aromatic N) is 1. The number of sulfone groups is 1. The van der Waals surface area contributed by atoms with Crippen molar-refractivity contribution >= 4 is 39.4 Å². The standard InChI is InChI=1S/C39H69N5O8S/c1-7-24-40-35(47)33(45)30-19-15-12-10-9-11-13-16-20-31(36(48)44-25-21-29(28(3)4)32(44)34(46)41-30)42-37(49)43-39(22-17-14-18-23-39)27-53(50,51)38(5,6)26-52-8-2/h28-32H,7-27H2,1-6H3,(H,40,47)(H,41,46)(H2,42,43,49)/t29?,30-,31-,32-/m0/s1. The summed E-state index contributed by atoms with van der Waals surface area (Å²) in [4.78, 5) is 70.2. The van der Waals surface area contributed by atoms with E-state index in [0.29, 0.717) is 71.1 Å². The molecule has 1 unspecified atom stereocenters. The van der Waals surface area contributed by atoms with Gasteiger partial charge in [-0.05, 0) is 71.1 Å². The smallest absolute Gasteiger partial charge is 0.315 e. The van der Waals surface area contributed by atoms with Crippen LogP contribution in [-0.2, 0) is 33.8 Å². The fourth-order valence-electron chi connectivity index (χ4n) is 8.11. The van der Waals surface area contributed by atoms with Crippen molar-refractivity contribution in [1.82, 2.24) is 26.2 Å². The molecule has 1 aliphatic carbocycles. The highest BCUT2D eigenvalue weighted by atomic mass is 32.2. The van der Waals surface area contributed by atoms with Crippen LogP contribution in [0, 0.1) is 11.8 Å². The SMILES string of the molecule is CCCNC(=O)C(=O)[C@@H]1CCCCCCCCC[C@H](NC(=O)NC2(CS(=O)(=O)C(C)(C)COCC)CCCCC2)C(=O)N2CCC(C(C)C)[C@H]2C(=O)N1. The highest BCUT2D eigenvalue weighted by molar-refractivity contribution is 7.92. The molecule has 0 spiro atoms. The second-order valence-corrected chi connectivity index (χ2v) is 19.2. The number of Topliss-reactive ketones (excluding diaryl/α,β-unsaturated/α-hetero) is 1. The first-order valence-corrected chi connectivity index (χ1v) is 22.0. The van der Waals surface area contributed by atoms with Gasteiger partial charge in [0.15, 0.2) is 9.84 Å². The minimum absolute atomic E-state index is 0.0472. The maximum absolute atomic E-state index is 14.5. The molecule has 0 aromatic carbocycles. The van der Waals surface area contributed by atoms with Crippen molar-refractivity contribution in [2.75, 3.05) is 32.1 Å². The van der Waals surface area contributed by atoms with Crippen molar-refractivity contribution in [3.05, 3.63) is 0 Å². The minimum Gasteiger partial charge on any atom is -0.380 e. The Labute approximate surface area is 318 Å². The van der Waals surface area contributed by atoms with Crippen LogP contribution < -0.4 is 21.3 Å². The van der Waals surface area contributed by atoms with Gasteiger partial charge in [0.2, 0.25) is 17.6 Å². The van der Waals surface area contributed by atoms with E-state index < -0.39 is 61.9 Å². The van der Waals surface area contributed by atoms with E-state index in [1.54, 1.807) is 18.7 Å². The van der Waals surface area contributed by atoms with Crippen LogP contribution in [-0.4, -0.2) is 103 Å². The van der Waals surface area contributed by atoms with Crippen molar-refractivity contribution in [1.29, 1.82) is 0 Å². The minimum atomic E-state index is -3.71. The van der Waals surface area contributed by atoms with Gasteiger partial charge in [-0.2, -0.15) is 0 Å². The van der Waals surface area contributed by atoms with Crippen LogP contribution in [0.4, 0.5) is 4.79 Å². The van der Waals surface area contributed by atoms with Crippen LogP contribution in [0.3, 0.4) is 0 Å². The highest BCUT2D eigenvalue weighted by Crippen LogP contribution is 2.34. The van der Waals surface area contributed by atoms with Gasteiger partial charge in [0, 0.05) is 19.7 Å². The lowest BCUT2D eigenvalue weighted by molar-refractivity contribution is -0.143. The molecular weight excluding hydrogens is 699 g/mol. The first kappa shape index (κ1) is 44.7. The molecule has 0 aromatic heterocycles. The average Bonchev–Trinajstić information content (AvgIpc) is 3.56. The third-order valence-electron chi connectivity index (χ3n) is 11.5. The molecular formula is C39H69N5O8S. The maximum Gasteiger partial charge on any atom is 0.315 e. The summed E-state index contributed by atoms with van der Waals surface area (Å²) in [7, 11) is -3.71. The summed E-state index contributed by atoms with van der Waals surface area (Å²) in [6.45, 7) is 12.1. The number of fused-ring (bicyclic) bond motifs is 1. The number of hydrogen-bond acceptors (Lipinski definition) is 8. The number of rotatable bonds is 13. The lowest BCUT2D eigenvalue weighted by Crippen LogP contribution is -2.62. The molecule has 3 aliphatic rings. The molecule has 2 aliphatic heterocycles. The second-order valence-electron chi connectivity index (χ2n) is 16.6. The first-order chi connectivity index (χ1) is 25.1. The van der Waals surface area contributed by atoms with Crippen LogP contribution in [0.15, 0.2) is 0 Å². The molecule has 53 heavy (non-hydrogen) atoms. The van der Waals surface area contributed by atoms with Gasteiger partial charge in [0.25, 0.3) is 5.91 Å². The predicted octanol–water partition coefficient (Wildman–Crippen LogP) is 4.56. The normalized spacial score (nSPS) is 25.3. The lowest BCUT2D eigenvalue weighted by atomic mass is 9.83. The van der Waals surface area contributed by atoms with Crippen LogP contribution >= 0.6 is 0 Å². The number of nitrogens with one attached hydrogen (secondary N) is 4. The number of carbonyl (C=O) groups is 5. The Morgan fingerprint density at radius 1 is 0.925 bits per heavy atom. The monoisotopic (exact) mass is 767 g/mol. The number of hydrogen-bond donors (Lipinski definition) is 4. The predicted molar refractivity (Wildman–Crippen MR) is 206 cm³/mol. The maximum atomic E-state index is 14.5. The van der Waals surface area contributed by atoms with Gasteiger partial charge < -0.3 is 30.9 Å². The Bertz CT molecular complexity index is 1350. The number of urea groups is 1. The number of ether oxygens (including phenoxy) is 1. The summed E-state index contributed by atoms with van der Waals surface area (Å²) in [6.07, 6.45) is 11.4. The molecule has 3 fully saturated rings. The van der Waals surface area contributed by atoms with E-state index in [9.17, 15) is 32.4 Å². The zero-order chi connectivity index (χ0) is 39.2. The molecule has 14 heteroatoms. The van der Waals surface area contributed by atoms with Gasteiger partial charge in [0.1, 0.15) is 12.1 Å². The number of carbonyl (C=O) groups excluding carboxylic acids is 5. The van der Waals surface area contributed by atoms with Crippen LogP contribution in [0.1, 0.15) is 144 Å². The average molecular weight is 768 g/mol. The molecule has 2 heterocycles. The van der Waals surface area contributed by atoms with Gasteiger partial charge in [-0.3, -0.25) is 19.2 Å². The fraction of sp³-hybridized carbons (Fsp3) is 0.872. The van der Waals surface area contributed by atoms with E-state index in [2.05, 4.69) is 21.3 Å². The Morgan fingerprint density at radius 3 is 2.13 bits per heavy atom. The van der Waals surface area contributed by atoms with E-state index in [1.165, 1.54) is 0 Å². The van der Waals surface area contributed by atoms with Crippen molar-refractivity contribution in [3.8, 4) is 0 Å². The van der Waals surface area contributed by atoms with Crippen LogP contribution in [0.2, 0.25) is 0 Å². The molecule has 5 amide bonds. The van der Waals surface area contributed by atoms with Crippen LogP contribution in [0.25, 0.3) is 0 Å². The highest BCUT2D eigenvalue weighted by Gasteiger charge is 2.47. The van der Waals surface area contributed by atoms with Gasteiger partial charge >= 0.3 is 6.03 Å². The van der Waals surface area contributed by atoms with Crippen LogP contribution in [0.5, 0.6) is 0 Å². The van der Waals surface area contributed by atoms with Crippen molar-refractivity contribution in [2.24, 2.45) is 11.8 Å². The van der Waals surface area contributed by atoms with Gasteiger partial charge in [-0.15, -0.1) is 0 Å². The fourth-order valence-corrected chi connectivity index (χ4v) is 9.85. The van der Waals surface area contributed by atoms with Crippen molar-refractivity contribution < 1.29 is 37.1 Å². The first-order valence-electron chi connectivity index (χ1n) is 20.4. The van der Waals surface area contributed by atoms with Crippen molar-refractivity contribution in [2.45, 2.75) is 173 Å². The summed E-state index contributed by atoms with van der Waals surface area (Å²) in [5.41, 5.74) is -0.990. The molecule has 0 radical (unpaired) electrons. The molecule has 1 saturated carbocycles. The quantitative estimate of drug-likeness (QED) is 0.197. The summed E-state index contributed by atoms with van der Waals surface area (Å²) in [5, 5.41) is 11.5. The van der Waals surface area contributed by atoms with E-state index in [0.717, 1.165) is 51.4 Å². The molecule has 0 bridgehead atoms. The van der Waals surface area contributed by atoms with E-state index in [-0.39, 0.29) is 30.1 Å². The third-order valence-corrected chi connectivity index (χ3v) is 14.2. The topological polar surface area (TPSA) is 180 Å². The zero-order valence-electron chi connectivity index (χ0n) is 33.4. The Balaban J connectivity index is 1.89. The second kappa shape index (κ2) is 20.8. The summed E-state index contributed by atoms with van der Waals surface area (Å²) in [6, 6.07) is -3.41. The van der Waals surface area contributed by atoms with Gasteiger partial charge in [-0.1, -0.05) is 85.0 Å². The van der Waals surface area contributed by atoms with E-state index in [4.69, 9.17) is 4.74 Å².